The molecule has 0 saturated carbocycles. The second-order valence-corrected chi connectivity index (χ2v) is 5.33. The average molecular weight is 317 g/mol. The Bertz CT molecular complexity index is 645. The largest absolute Gasteiger partial charge is 0.326 e. The van der Waals surface area contributed by atoms with Crippen molar-refractivity contribution in [1.82, 2.24) is 15.0 Å². The van der Waals surface area contributed by atoms with Crippen LogP contribution in [0.1, 0.15) is 10.5 Å². The monoisotopic (exact) mass is 316 g/mol. The highest BCUT2D eigenvalue weighted by molar-refractivity contribution is 9.11. The molecular weight excluding hydrogens is 312 g/mol. The van der Waals surface area contributed by atoms with E-state index in [9.17, 15) is 14.4 Å². The molecule has 0 bridgehead atoms. The van der Waals surface area contributed by atoms with Gasteiger partial charge in [-0.1, -0.05) is 11.3 Å². The van der Waals surface area contributed by atoms with E-state index < -0.39 is 17.2 Å². The summed E-state index contributed by atoms with van der Waals surface area (Å²) < 4.78 is 0.757. The van der Waals surface area contributed by atoms with E-state index in [2.05, 4.69) is 31.2 Å². The summed E-state index contributed by atoms with van der Waals surface area (Å²) in [6.45, 7) is 0. The van der Waals surface area contributed by atoms with E-state index in [1.54, 1.807) is 0 Å². The maximum Gasteiger partial charge on any atom is 0.326 e. The predicted octanol–water partition coefficient (Wildman–Crippen LogP) is 0.534. The minimum Gasteiger partial charge on any atom is -0.303 e. The molecule has 0 spiro atoms. The summed E-state index contributed by atoms with van der Waals surface area (Å²) in [5.74, 6) is -0.602. The van der Waals surface area contributed by atoms with E-state index in [0.717, 1.165) is 9.85 Å². The minimum atomic E-state index is -0.733. The van der Waals surface area contributed by atoms with Crippen molar-refractivity contribution in [2.45, 2.75) is 0 Å². The molecule has 0 saturated heterocycles. The lowest BCUT2D eigenvalue weighted by Crippen LogP contribution is -2.27. The van der Waals surface area contributed by atoms with Gasteiger partial charge in [0.05, 0.1) is 9.98 Å². The first-order chi connectivity index (χ1) is 8.04. The Labute approximate surface area is 106 Å². The molecule has 88 valence electrons. The zero-order chi connectivity index (χ0) is 12.4. The van der Waals surface area contributed by atoms with Crippen LogP contribution < -0.4 is 16.6 Å². The third kappa shape index (κ3) is 2.88. The van der Waals surface area contributed by atoms with Crippen LogP contribution in [0.4, 0.5) is 5.13 Å². The number of thiazole rings is 1. The van der Waals surface area contributed by atoms with Gasteiger partial charge >= 0.3 is 5.69 Å². The fourth-order valence-electron chi connectivity index (χ4n) is 1.07. The molecule has 0 aliphatic heterocycles. The van der Waals surface area contributed by atoms with E-state index in [1.165, 1.54) is 17.5 Å². The second-order valence-electron chi connectivity index (χ2n) is 2.93. The zero-order valence-corrected chi connectivity index (χ0v) is 10.5. The lowest BCUT2D eigenvalue weighted by atomic mass is 10.4. The number of carbonyl (C=O) groups is 1. The molecule has 2 aromatic rings. The number of carbonyl (C=O) groups excluding carboxylic acids is 1. The van der Waals surface area contributed by atoms with Gasteiger partial charge in [0.25, 0.3) is 11.5 Å². The van der Waals surface area contributed by atoms with Crippen molar-refractivity contribution in [1.29, 1.82) is 0 Å². The van der Waals surface area contributed by atoms with Gasteiger partial charge in [0.15, 0.2) is 5.13 Å². The molecule has 7 nitrogen and oxygen atoms in total. The quantitative estimate of drug-likeness (QED) is 0.751. The van der Waals surface area contributed by atoms with Crippen LogP contribution in [-0.2, 0) is 0 Å². The Morgan fingerprint density at radius 1 is 1.41 bits per heavy atom. The van der Waals surface area contributed by atoms with Gasteiger partial charge in [0.1, 0.15) is 5.69 Å². The summed E-state index contributed by atoms with van der Waals surface area (Å²) >= 11 is 4.41. The number of H-pyrrole nitrogens is 2. The number of amides is 1. The van der Waals surface area contributed by atoms with Gasteiger partial charge in [-0.05, 0) is 15.9 Å². The Morgan fingerprint density at radius 2 is 2.18 bits per heavy atom. The molecular formula is C8H5BrN4O3S. The summed E-state index contributed by atoms with van der Waals surface area (Å²) in [5, 5.41) is 2.81. The third-order valence-electron chi connectivity index (χ3n) is 1.70. The molecule has 9 heteroatoms. The molecule has 1 amide bonds. The Balaban J connectivity index is 2.26. The van der Waals surface area contributed by atoms with Gasteiger partial charge in [0, 0.05) is 6.07 Å². The van der Waals surface area contributed by atoms with Gasteiger partial charge in [-0.15, -0.1) is 0 Å². The molecule has 0 atom stereocenters. The predicted molar refractivity (Wildman–Crippen MR) is 65.5 cm³/mol. The lowest BCUT2D eigenvalue weighted by Gasteiger charge is -1.99. The van der Waals surface area contributed by atoms with E-state index in [-0.39, 0.29) is 5.69 Å². The van der Waals surface area contributed by atoms with Gasteiger partial charge in [-0.2, -0.15) is 0 Å². The summed E-state index contributed by atoms with van der Waals surface area (Å²) in [6.07, 6.45) is 1.53. The van der Waals surface area contributed by atoms with Crippen LogP contribution in [0.2, 0.25) is 0 Å². The van der Waals surface area contributed by atoms with Gasteiger partial charge in [-0.3, -0.25) is 19.9 Å². The topological polar surface area (TPSA) is 108 Å². The maximum absolute atomic E-state index is 11.6. The number of aromatic nitrogens is 3. The average Bonchev–Trinajstić information content (AvgIpc) is 2.62. The number of aromatic amines is 2. The molecule has 0 radical (unpaired) electrons. The normalized spacial score (nSPS) is 10.2. The Kier molecular flexibility index (Phi) is 3.20. The highest BCUT2D eigenvalue weighted by Gasteiger charge is 2.10. The molecule has 2 heterocycles. The van der Waals surface area contributed by atoms with Gasteiger partial charge in [0.2, 0.25) is 0 Å². The molecule has 0 aromatic carbocycles. The standard InChI is InChI=1S/C8H5BrN4O3S/c9-4-2-10-8(17-4)13-6(15)3-1-5(14)12-7(16)11-3/h1-2H,(H,10,13,15)(H2,11,12,14,16). The SMILES string of the molecule is O=C(Nc1ncc(Br)s1)c1cc(=O)[nH]c(=O)[nH]1. The summed E-state index contributed by atoms with van der Waals surface area (Å²) in [5.41, 5.74) is -1.49. The number of halogens is 1. The molecule has 3 N–H and O–H groups in total. The van der Waals surface area contributed by atoms with Crippen LogP contribution in [0.25, 0.3) is 0 Å². The molecule has 0 aliphatic rings. The molecule has 17 heavy (non-hydrogen) atoms. The first-order valence-corrected chi connectivity index (χ1v) is 5.92. The van der Waals surface area contributed by atoms with E-state index >= 15 is 0 Å². The van der Waals surface area contributed by atoms with Crippen LogP contribution in [0.3, 0.4) is 0 Å². The highest BCUT2D eigenvalue weighted by Crippen LogP contribution is 2.23. The van der Waals surface area contributed by atoms with Crippen molar-refractivity contribution in [2.75, 3.05) is 5.32 Å². The number of nitrogens with one attached hydrogen (secondary N) is 3. The number of rotatable bonds is 2. The fraction of sp³-hybridized carbons (Fsp3) is 0. The summed E-state index contributed by atoms with van der Waals surface area (Å²) in [7, 11) is 0. The van der Waals surface area contributed by atoms with Crippen LogP contribution in [0.15, 0.2) is 25.6 Å². The van der Waals surface area contributed by atoms with Crippen LogP contribution >= 0.6 is 27.3 Å². The Hall–Kier alpha value is -1.74. The summed E-state index contributed by atoms with van der Waals surface area (Å²) in [4.78, 5) is 41.7. The van der Waals surface area contributed by atoms with Crippen molar-refractivity contribution in [3.8, 4) is 0 Å². The molecule has 0 unspecified atom stereocenters. The first kappa shape index (κ1) is 11.7. The number of nitrogens with zero attached hydrogens (tertiary/aromatic N) is 1. The number of hydrogen-bond donors (Lipinski definition) is 3. The first-order valence-electron chi connectivity index (χ1n) is 4.31. The van der Waals surface area contributed by atoms with Crippen molar-refractivity contribution in [3.05, 3.63) is 42.6 Å². The molecule has 2 aromatic heterocycles. The van der Waals surface area contributed by atoms with Crippen molar-refractivity contribution in [3.63, 3.8) is 0 Å². The van der Waals surface area contributed by atoms with Gasteiger partial charge in [-0.25, -0.2) is 9.78 Å². The van der Waals surface area contributed by atoms with Gasteiger partial charge < -0.3 is 4.98 Å². The maximum atomic E-state index is 11.6. The summed E-state index contributed by atoms with van der Waals surface area (Å²) in [6, 6.07) is 0.999. The number of hydrogen-bond acceptors (Lipinski definition) is 5. The second kappa shape index (κ2) is 4.63. The van der Waals surface area contributed by atoms with Crippen molar-refractivity contribution < 1.29 is 4.79 Å². The van der Waals surface area contributed by atoms with Crippen LogP contribution in [-0.4, -0.2) is 20.9 Å². The zero-order valence-electron chi connectivity index (χ0n) is 8.11. The van der Waals surface area contributed by atoms with E-state index in [1.807, 2.05) is 4.98 Å². The van der Waals surface area contributed by atoms with Crippen molar-refractivity contribution in [2.24, 2.45) is 0 Å². The van der Waals surface area contributed by atoms with E-state index in [0.29, 0.717) is 5.13 Å². The van der Waals surface area contributed by atoms with Crippen molar-refractivity contribution >= 4 is 38.3 Å². The molecule has 0 fully saturated rings. The smallest absolute Gasteiger partial charge is 0.303 e. The third-order valence-corrected chi connectivity index (χ3v) is 3.09. The molecule has 0 aliphatic carbocycles. The van der Waals surface area contributed by atoms with Crippen LogP contribution in [0, 0.1) is 0 Å². The Morgan fingerprint density at radius 3 is 2.76 bits per heavy atom. The highest BCUT2D eigenvalue weighted by atomic mass is 79.9. The lowest BCUT2D eigenvalue weighted by molar-refractivity contribution is 0.102. The number of anilines is 1. The van der Waals surface area contributed by atoms with Crippen LogP contribution in [0.5, 0.6) is 0 Å². The van der Waals surface area contributed by atoms with E-state index in [4.69, 9.17) is 0 Å². The minimum absolute atomic E-state index is 0.120. The fourth-order valence-corrected chi connectivity index (χ4v) is 2.17. The molecule has 2 rings (SSSR count).